The summed E-state index contributed by atoms with van der Waals surface area (Å²) in [6, 6.07) is 2.45. The molecule has 0 aliphatic heterocycles. The summed E-state index contributed by atoms with van der Waals surface area (Å²) >= 11 is 0. The minimum atomic E-state index is -0.950. The molecule has 1 aromatic carbocycles. The van der Waals surface area contributed by atoms with Crippen LogP contribution in [0.25, 0.3) is 0 Å². The number of hydrogen-bond acceptors (Lipinski definition) is 4. The minimum absolute atomic E-state index is 0.150. The van der Waals surface area contributed by atoms with Gasteiger partial charge >= 0.3 is 5.69 Å². The van der Waals surface area contributed by atoms with E-state index in [1.165, 1.54) is 6.07 Å². The molecule has 3 N–H and O–H groups in total. The lowest BCUT2D eigenvalue weighted by atomic mass is 10.0. The number of benzene rings is 1. The number of anilines is 1. The topological polar surface area (TPSA) is 98.3 Å². The Morgan fingerprint density at radius 3 is 2.68 bits per heavy atom. The van der Waals surface area contributed by atoms with E-state index in [4.69, 9.17) is 5.73 Å². The molecule has 0 aliphatic carbocycles. The van der Waals surface area contributed by atoms with Crippen molar-refractivity contribution < 1.29 is 14.1 Å². The zero-order valence-corrected chi connectivity index (χ0v) is 10.7. The number of rotatable bonds is 5. The van der Waals surface area contributed by atoms with Crippen LogP contribution in [-0.2, 0) is 4.79 Å². The third-order valence-electron chi connectivity index (χ3n) is 2.47. The first-order valence-electron chi connectivity index (χ1n) is 5.81. The molecule has 0 spiro atoms. The standard InChI is InChI=1S/C12H16FN3O3/c1-7(2)5-10(14)12(17)15-8-3-4-9(13)11(6-8)16(18)19/h3-4,6-7,10H,5,14H2,1-2H3,(H,15,17)/t10-/m1/s1. The van der Waals surface area contributed by atoms with Crippen molar-refractivity contribution in [2.24, 2.45) is 11.7 Å². The maximum Gasteiger partial charge on any atom is 0.306 e. The highest BCUT2D eigenvalue weighted by atomic mass is 19.1. The van der Waals surface area contributed by atoms with Crippen LogP contribution in [0, 0.1) is 21.8 Å². The normalized spacial score (nSPS) is 12.3. The highest BCUT2D eigenvalue weighted by Gasteiger charge is 2.18. The number of nitro groups is 1. The molecule has 19 heavy (non-hydrogen) atoms. The van der Waals surface area contributed by atoms with Gasteiger partial charge in [-0.3, -0.25) is 14.9 Å². The van der Waals surface area contributed by atoms with Gasteiger partial charge in [0.1, 0.15) is 0 Å². The molecular weight excluding hydrogens is 253 g/mol. The summed E-state index contributed by atoms with van der Waals surface area (Å²) in [5, 5.41) is 13.0. The monoisotopic (exact) mass is 269 g/mol. The van der Waals surface area contributed by atoms with Gasteiger partial charge in [-0.05, 0) is 24.5 Å². The number of nitro benzene ring substituents is 1. The van der Waals surface area contributed by atoms with Crippen molar-refractivity contribution in [2.75, 3.05) is 5.32 Å². The van der Waals surface area contributed by atoms with Gasteiger partial charge in [0.05, 0.1) is 11.0 Å². The van der Waals surface area contributed by atoms with E-state index < -0.39 is 28.4 Å². The van der Waals surface area contributed by atoms with E-state index in [0.29, 0.717) is 6.42 Å². The molecule has 6 nitrogen and oxygen atoms in total. The Balaban J connectivity index is 2.80. The molecule has 0 aliphatic rings. The van der Waals surface area contributed by atoms with E-state index in [0.717, 1.165) is 12.1 Å². The molecule has 1 aromatic rings. The van der Waals surface area contributed by atoms with Crippen LogP contribution in [0.5, 0.6) is 0 Å². The molecule has 0 heterocycles. The van der Waals surface area contributed by atoms with Gasteiger partial charge in [0.15, 0.2) is 0 Å². The second-order valence-corrected chi connectivity index (χ2v) is 4.65. The van der Waals surface area contributed by atoms with Crippen LogP contribution in [0.15, 0.2) is 18.2 Å². The zero-order valence-electron chi connectivity index (χ0n) is 10.7. The predicted octanol–water partition coefficient (Wildman–Crippen LogP) is 2.05. The molecule has 7 heteroatoms. The molecule has 1 amide bonds. The largest absolute Gasteiger partial charge is 0.324 e. The molecule has 0 radical (unpaired) electrons. The first kappa shape index (κ1) is 15.0. The van der Waals surface area contributed by atoms with Gasteiger partial charge in [0.25, 0.3) is 0 Å². The van der Waals surface area contributed by atoms with Gasteiger partial charge in [-0.25, -0.2) is 0 Å². The molecule has 1 rings (SSSR count). The molecule has 0 saturated heterocycles. The Morgan fingerprint density at radius 2 is 2.16 bits per heavy atom. The Hall–Kier alpha value is -2.02. The molecule has 0 bridgehead atoms. The average Bonchev–Trinajstić information content (AvgIpc) is 2.30. The molecule has 104 valence electrons. The third kappa shape index (κ3) is 4.29. The van der Waals surface area contributed by atoms with Crippen LogP contribution in [0.4, 0.5) is 15.8 Å². The summed E-state index contributed by atoms with van der Waals surface area (Å²) in [6.07, 6.45) is 0.495. The fraction of sp³-hybridized carbons (Fsp3) is 0.417. The summed E-state index contributed by atoms with van der Waals surface area (Å²) in [5.74, 6) is -1.15. The van der Waals surface area contributed by atoms with Crippen LogP contribution >= 0.6 is 0 Å². The third-order valence-corrected chi connectivity index (χ3v) is 2.47. The van der Waals surface area contributed by atoms with Crippen molar-refractivity contribution in [1.82, 2.24) is 0 Å². The molecule has 0 aromatic heterocycles. The van der Waals surface area contributed by atoms with Gasteiger partial charge in [-0.1, -0.05) is 13.8 Å². The number of amides is 1. The van der Waals surface area contributed by atoms with Gasteiger partial charge in [0, 0.05) is 11.8 Å². The van der Waals surface area contributed by atoms with E-state index in [-0.39, 0.29) is 11.6 Å². The minimum Gasteiger partial charge on any atom is -0.324 e. The van der Waals surface area contributed by atoms with Crippen LogP contribution in [0.2, 0.25) is 0 Å². The van der Waals surface area contributed by atoms with Gasteiger partial charge in [-0.15, -0.1) is 0 Å². The van der Waals surface area contributed by atoms with Crippen molar-refractivity contribution in [3.8, 4) is 0 Å². The van der Waals surface area contributed by atoms with Crippen molar-refractivity contribution in [3.63, 3.8) is 0 Å². The second kappa shape index (κ2) is 6.24. The Bertz CT molecular complexity index is 491. The number of nitrogens with zero attached hydrogens (tertiary/aromatic N) is 1. The number of halogens is 1. The summed E-state index contributed by atoms with van der Waals surface area (Å²) < 4.78 is 13.1. The van der Waals surface area contributed by atoms with Crippen LogP contribution in [-0.4, -0.2) is 16.9 Å². The smallest absolute Gasteiger partial charge is 0.306 e. The van der Waals surface area contributed by atoms with Crippen LogP contribution in [0.1, 0.15) is 20.3 Å². The van der Waals surface area contributed by atoms with Crippen LogP contribution < -0.4 is 11.1 Å². The SMILES string of the molecule is CC(C)C[C@@H](N)C(=O)Nc1ccc(F)c([N+](=O)[O-])c1. The van der Waals surface area contributed by atoms with Crippen molar-refractivity contribution >= 4 is 17.3 Å². The van der Waals surface area contributed by atoms with Gasteiger partial charge in [0.2, 0.25) is 11.7 Å². The summed E-state index contributed by atoms with van der Waals surface area (Å²) in [7, 11) is 0. The molecule has 0 unspecified atom stereocenters. The fourth-order valence-corrected chi connectivity index (χ4v) is 1.58. The molecular formula is C12H16FN3O3. The summed E-state index contributed by atoms with van der Waals surface area (Å²) in [4.78, 5) is 21.4. The Kier molecular flexibility index (Phi) is 4.94. The van der Waals surface area contributed by atoms with E-state index >= 15 is 0 Å². The molecule has 0 saturated carbocycles. The maximum atomic E-state index is 13.1. The quantitative estimate of drug-likeness (QED) is 0.631. The van der Waals surface area contributed by atoms with E-state index in [1.54, 1.807) is 0 Å². The first-order chi connectivity index (χ1) is 8.81. The number of carbonyl (C=O) groups excluding carboxylic acids is 1. The Morgan fingerprint density at radius 1 is 1.53 bits per heavy atom. The van der Waals surface area contributed by atoms with Crippen molar-refractivity contribution in [2.45, 2.75) is 26.3 Å². The van der Waals surface area contributed by atoms with Crippen molar-refractivity contribution in [3.05, 3.63) is 34.1 Å². The zero-order chi connectivity index (χ0) is 14.6. The van der Waals surface area contributed by atoms with E-state index in [1.807, 2.05) is 13.8 Å². The Labute approximate surface area is 109 Å². The lowest BCUT2D eigenvalue weighted by molar-refractivity contribution is -0.387. The predicted molar refractivity (Wildman–Crippen MR) is 69.1 cm³/mol. The van der Waals surface area contributed by atoms with Gasteiger partial charge < -0.3 is 11.1 Å². The maximum absolute atomic E-state index is 13.1. The van der Waals surface area contributed by atoms with E-state index in [9.17, 15) is 19.3 Å². The highest BCUT2D eigenvalue weighted by molar-refractivity contribution is 5.94. The molecule has 0 fully saturated rings. The number of hydrogen-bond donors (Lipinski definition) is 2. The van der Waals surface area contributed by atoms with E-state index in [2.05, 4.69) is 5.32 Å². The summed E-state index contributed by atoms with van der Waals surface area (Å²) in [6.45, 7) is 3.85. The summed E-state index contributed by atoms with van der Waals surface area (Å²) in [5.41, 5.74) is 5.14. The van der Waals surface area contributed by atoms with Crippen LogP contribution in [0.3, 0.4) is 0 Å². The number of nitrogens with one attached hydrogen (secondary N) is 1. The lowest BCUT2D eigenvalue weighted by Gasteiger charge is -2.14. The lowest BCUT2D eigenvalue weighted by Crippen LogP contribution is -2.36. The first-order valence-corrected chi connectivity index (χ1v) is 5.81. The average molecular weight is 269 g/mol. The fourth-order valence-electron chi connectivity index (χ4n) is 1.58. The number of nitrogens with two attached hydrogens (primary N) is 1. The van der Waals surface area contributed by atoms with Gasteiger partial charge in [-0.2, -0.15) is 4.39 Å². The number of carbonyl (C=O) groups is 1. The highest BCUT2D eigenvalue weighted by Crippen LogP contribution is 2.21. The molecule has 1 atom stereocenters. The van der Waals surface area contributed by atoms with Crippen molar-refractivity contribution in [1.29, 1.82) is 0 Å². The second-order valence-electron chi connectivity index (χ2n) is 4.65.